The van der Waals surface area contributed by atoms with E-state index in [0.29, 0.717) is 5.56 Å². The molecule has 2 rings (SSSR count). The third kappa shape index (κ3) is 3.57. The topological polar surface area (TPSA) is 0 Å². The predicted octanol–water partition coefficient (Wildman–Crippen LogP) is 5.64. The number of hydrogen-bond donors (Lipinski definition) is 0. The van der Waals surface area contributed by atoms with Crippen LogP contribution in [0.3, 0.4) is 0 Å². The second-order valence-corrected chi connectivity index (χ2v) is 5.32. The van der Waals surface area contributed by atoms with Crippen LogP contribution < -0.4 is 0 Å². The normalized spacial score (nSPS) is 12.4. The van der Waals surface area contributed by atoms with Crippen molar-refractivity contribution in [1.82, 2.24) is 0 Å². The first-order chi connectivity index (χ1) is 9.61. The highest BCUT2D eigenvalue weighted by Crippen LogP contribution is 2.29. The molecule has 20 heavy (non-hydrogen) atoms. The Morgan fingerprint density at radius 1 is 0.950 bits per heavy atom. The van der Waals surface area contributed by atoms with Gasteiger partial charge in [-0.3, -0.25) is 0 Å². The molecule has 0 aromatic heterocycles. The third-order valence-corrected chi connectivity index (χ3v) is 3.83. The lowest BCUT2D eigenvalue weighted by molar-refractivity contribution is 0.507. The van der Waals surface area contributed by atoms with Crippen molar-refractivity contribution in [1.29, 1.82) is 0 Å². The van der Waals surface area contributed by atoms with Crippen molar-refractivity contribution in [2.24, 2.45) is 0 Å². The summed E-state index contributed by atoms with van der Waals surface area (Å²) in [7, 11) is 0. The highest BCUT2D eigenvalue weighted by Gasteiger charge is 2.13. The zero-order valence-electron chi connectivity index (χ0n) is 11.4. The van der Waals surface area contributed by atoms with E-state index in [1.807, 2.05) is 24.3 Å². The zero-order chi connectivity index (χ0) is 14.5. The van der Waals surface area contributed by atoms with Gasteiger partial charge in [0.05, 0.1) is 5.38 Å². The average Bonchev–Trinajstić information content (AvgIpc) is 2.48. The predicted molar refractivity (Wildman–Crippen MR) is 79.1 cm³/mol. The standard InChI is InChI=1S/C17H17ClF2/c1-2-3-4-12-5-7-13(8-6-12)17(18)14-9-10-15(19)16(20)11-14/h5-11,17H,2-4H2,1H3. The number of rotatable bonds is 5. The molecule has 0 fully saturated rings. The van der Waals surface area contributed by atoms with Crippen LogP contribution in [0.2, 0.25) is 0 Å². The smallest absolute Gasteiger partial charge is 0.159 e. The molecule has 0 aliphatic carbocycles. The summed E-state index contributed by atoms with van der Waals surface area (Å²) in [6.07, 6.45) is 3.37. The minimum absolute atomic E-state index is 0.467. The molecule has 106 valence electrons. The van der Waals surface area contributed by atoms with Gasteiger partial charge in [0.1, 0.15) is 0 Å². The van der Waals surface area contributed by atoms with Gasteiger partial charge in [0.25, 0.3) is 0 Å². The van der Waals surface area contributed by atoms with Gasteiger partial charge in [0, 0.05) is 0 Å². The summed E-state index contributed by atoms with van der Waals surface area (Å²) in [5, 5.41) is -0.467. The van der Waals surface area contributed by atoms with E-state index < -0.39 is 17.0 Å². The summed E-state index contributed by atoms with van der Waals surface area (Å²) in [6.45, 7) is 2.16. The molecular weight excluding hydrogens is 278 g/mol. The van der Waals surface area contributed by atoms with Crippen molar-refractivity contribution < 1.29 is 8.78 Å². The fourth-order valence-corrected chi connectivity index (χ4v) is 2.38. The number of benzene rings is 2. The van der Waals surface area contributed by atoms with Gasteiger partial charge in [-0.1, -0.05) is 43.7 Å². The highest BCUT2D eigenvalue weighted by atomic mass is 35.5. The lowest BCUT2D eigenvalue weighted by atomic mass is 10.0. The van der Waals surface area contributed by atoms with Gasteiger partial charge in [-0.15, -0.1) is 11.6 Å². The first kappa shape index (κ1) is 15.0. The van der Waals surface area contributed by atoms with E-state index in [1.165, 1.54) is 11.6 Å². The largest absolute Gasteiger partial charge is 0.204 e. The molecule has 0 saturated carbocycles. The minimum atomic E-state index is -0.868. The Morgan fingerprint density at radius 2 is 1.60 bits per heavy atom. The zero-order valence-corrected chi connectivity index (χ0v) is 12.1. The second kappa shape index (κ2) is 6.85. The summed E-state index contributed by atoms with van der Waals surface area (Å²) in [5.41, 5.74) is 2.72. The van der Waals surface area contributed by atoms with E-state index in [1.54, 1.807) is 0 Å². The van der Waals surface area contributed by atoms with Crippen molar-refractivity contribution in [2.45, 2.75) is 31.6 Å². The molecule has 2 aromatic carbocycles. The van der Waals surface area contributed by atoms with Gasteiger partial charge in [-0.25, -0.2) is 8.78 Å². The summed E-state index contributed by atoms with van der Waals surface area (Å²) >= 11 is 6.32. The van der Waals surface area contributed by atoms with Gasteiger partial charge in [0.15, 0.2) is 11.6 Å². The van der Waals surface area contributed by atoms with Crippen LogP contribution in [-0.2, 0) is 6.42 Å². The molecule has 2 aromatic rings. The minimum Gasteiger partial charge on any atom is -0.204 e. The molecule has 0 saturated heterocycles. The average molecular weight is 295 g/mol. The van der Waals surface area contributed by atoms with Crippen molar-refractivity contribution in [2.75, 3.05) is 0 Å². The molecule has 0 radical (unpaired) electrons. The van der Waals surface area contributed by atoms with E-state index in [4.69, 9.17) is 11.6 Å². The fourth-order valence-electron chi connectivity index (χ4n) is 2.10. The van der Waals surface area contributed by atoms with Crippen molar-refractivity contribution in [3.8, 4) is 0 Å². The number of unbranched alkanes of at least 4 members (excludes halogenated alkanes) is 1. The van der Waals surface area contributed by atoms with Crippen LogP contribution in [0.25, 0.3) is 0 Å². The second-order valence-electron chi connectivity index (χ2n) is 4.88. The lowest BCUT2D eigenvalue weighted by Crippen LogP contribution is -1.96. The molecular formula is C17H17ClF2. The van der Waals surface area contributed by atoms with E-state index in [-0.39, 0.29) is 0 Å². The van der Waals surface area contributed by atoms with Crippen LogP contribution in [0.4, 0.5) is 8.78 Å². The number of alkyl halides is 1. The van der Waals surface area contributed by atoms with Crippen LogP contribution in [0, 0.1) is 11.6 Å². The van der Waals surface area contributed by atoms with Gasteiger partial charge in [0.2, 0.25) is 0 Å². The molecule has 0 heterocycles. The van der Waals surface area contributed by atoms with E-state index in [9.17, 15) is 8.78 Å². The molecule has 1 unspecified atom stereocenters. The lowest BCUT2D eigenvalue weighted by Gasteiger charge is -2.11. The maximum atomic E-state index is 13.2. The van der Waals surface area contributed by atoms with Gasteiger partial charge >= 0.3 is 0 Å². The van der Waals surface area contributed by atoms with E-state index >= 15 is 0 Å². The molecule has 0 spiro atoms. The molecule has 0 aliphatic rings. The SMILES string of the molecule is CCCCc1ccc(C(Cl)c2ccc(F)c(F)c2)cc1. The maximum Gasteiger partial charge on any atom is 0.159 e. The number of hydrogen-bond acceptors (Lipinski definition) is 0. The van der Waals surface area contributed by atoms with Crippen LogP contribution in [-0.4, -0.2) is 0 Å². The van der Waals surface area contributed by atoms with Gasteiger partial charge in [-0.05, 0) is 41.7 Å². The molecule has 0 nitrogen and oxygen atoms in total. The van der Waals surface area contributed by atoms with E-state index in [0.717, 1.165) is 37.0 Å². The van der Waals surface area contributed by atoms with Crippen LogP contribution >= 0.6 is 11.6 Å². The summed E-state index contributed by atoms with van der Waals surface area (Å²) < 4.78 is 26.1. The fraction of sp³-hybridized carbons (Fsp3) is 0.294. The third-order valence-electron chi connectivity index (χ3n) is 3.33. The van der Waals surface area contributed by atoms with Gasteiger partial charge in [-0.2, -0.15) is 0 Å². The highest BCUT2D eigenvalue weighted by molar-refractivity contribution is 6.22. The summed E-state index contributed by atoms with van der Waals surface area (Å²) in [6, 6.07) is 11.8. The summed E-state index contributed by atoms with van der Waals surface area (Å²) in [4.78, 5) is 0. The van der Waals surface area contributed by atoms with Crippen LogP contribution in [0.15, 0.2) is 42.5 Å². The quantitative estimate of drug-likeness (QED) is 0.626. The Morgan fingerprint density at radius 3 is 2.20 bits per heavy atom. The molecule has 0 aliphatic heterocycles. The van der Waals surface area contributed by atoms with Crippen LogP contribution in [0.1, 0.15) is 41.8 Å². The number of halogens is 3. The molecule has 0 N–H and O–H groups in total. The Balaban J connectivity index is 2.15. The number of aryl methyl sites for hydroxylation is 1. The summed E-state index contributed by atoms with van der Waals surface area (Å²) in [5.74, 6) is -1.72. The van der Waals surface area contributed by atoms with Crippen molar-refractivity contribution >= 4 is 11.6 Å². The Kier molecular flexibility index (Phi) is 5.13. The van der Waals surface area contributed by atoms with Crippen molar-refractivity contribution in [3.63, 3.8) is 0 Å². The molecule has 0 bridgehead atoms. The first-order valence-corrected chi connectivity index (χ1v) is 7.23. The first-order valence-electron chi connectivity index (χ1n) is 6.79. The monoisotopic (exact) mass is 294 g/mol. The Labute approximate surface area is 123 Å². The van der Waals surface area contributed by atoms with E-state index in [2.05, 4.69) is 6.92 Å². The van der Waals surface area contributed by atoms with Gasteiger partial charge < -0.3 is 0 Å². The Bertz CT molecular complexity index is 564. The van der Waals surface area contributed by atoms with Crippen molar-refractivity contribution in [3.05, 3.63) is 70.8 Å². The Hall–Kier alpha value is -1.41. The molecule has 3 heteroatoms. The molecule has 1 atom stereocenters. The maximum absolute atomic E-state index is 13.2. The van der Waals surface area contributed by atoms with Crippen LogP contribution in [0.5, 0.6) is 0 Å². The molecule has 0 amide bonds.